The van der Waals surface area contributed by atoms with Gasteiger partial charge < -0.3 is 10.2 Å². The number of carbonyl (C=O) groups excluding carboxylic acids is 1. The third kappa shape index (κ3) is 4.63. The van der Waals surface area contributed by atoms with E-state index in [1.165, 1.54) is 12.1 Å². The van der Waals surface area contributed by atoms with Gasteiger partial charge in [0.1, 0.15) is 12.4 Å². The number of carbonyl (C=O) groups is 1. The second-order valence-corrected chi connectivity index (χ2v) is 5.56. The zero-order valence-corrected chi connectivity index (χ0v) is 13.1. The van der Waals surface area contributed by atoms with Crippen LogP contribution in [0.1, 0.15) is 18.1 Å². The number of anilines is 1. The van der Waals surface area contributed by atoms with Crippen molar-refractivity contribution in [1.82, 2.24) is 0 Å². The molecule has 0 aliphatic carbocycles. The average Bonchev–Trinajstić information content (AvgIpc) is 2.54. The molecular formula is C18H19FN3O+. The number of quaternary nitrogens is 1. The lowest BCUT2D eigenvalue weighted by molar-refractivity contribution is -0.907. The zero-order valence-electron chi connectivity index (χ0n) is 13.1. The lowest BCUT2D eigenvalue weighted by atomic mass is 10.1. The zero-order chi connectivity index (χ0) is 16.8. The Balaban J connectivity index is 1.99. The summed E-state index contributed by atoms with van der Waals surface area (Å²) in [5.74, 6) is -0.422. The minimum absolute atomic E-state index is 0.144. The number of nitriles is 1. The van der Waals surface area contributed by atoms with Gasteiger partial charge in [0.2, 0.25) is 0 Å². The molecule has 0 heterocycles. The van der Waals surface area contributed by atoms with E-state index in [0.717, 1.165) is 10.5 Å². The summed E-state index contributed by atoms with van der Waals surface area (Å²) in [5.41, 5.74) is 1.93. The lowest BCUT2D eigenvalue weighted by Gasteiger charge is -2.21. The fourth-order valence-corrected chi connectivity index (χ4v) is 2.26. The number of nitrogens with zero attached hydrogens (tertiary/aromatic N) is 1. The van der Waals surface area contributed by atoms with E-state index in [2.05, 4.69) is 5.32 Å². The van der Waals surface area contributed by atoms with Gasteiger partial charge in [-0.1, -0.05) is 18.2 Å². The van der Waals surface area contributed by atoms with Gasteiger partial charge in [-0.15, -0.1) is 0 Å². The quantitative estimate of drug-likeness (QED) is 0.883. The average molecular weight is 312 g/mol. The van der Waals surface area contributed by atoms with E-state index in [1.807, 2.05) is 26.1 Å². The maximum absolute atomic E-state index is 13.2. The van der Waals surface area contributed by atoms with Crippen molar-refractivity contribution in [3.05, 3.63) is 65.5 Å². The standard InChI is InChI=1S/C18H18FN3O/c1-13(22(2)12-15-6-3-7-16(19)9-15)18(23)21-17-8-4-5-14(10-17)11-20/h3-10,13H,12H2,1-2H3,(H,21,23)/p+1/t13-/m1/s1. The van der Waals surface area contributed by atoms with Crippen molar-refractivity contribution in [2.45, 2.75) is 19.5 Å². The van der Waals surface area contributed by atoms with Gasteiger partial charge in [0.05, 0.1) is 18.7 Å². The predicted octanol–water partition coefficient (Wildman–Crippen LogP) is 1.74. The van der Waals surface area contributed by atoms with Crippen molar-refractivity contribution >= 4 is 11.6 Å². The van der Waals surface area contributed by atoms with Crippen LogP contribution in [-0.2, 0) is 11.3 Å². The normalized spacial score (nSPS) is 13.0. The molecule has 0 aliphatic heterocycles. The molecule has 1 amide bonds. The second kappa shape index (κ2) is 7.52. The summed E-state index contributed by atoms with van der Waals surface area (Å²) in [6, 6.07) is 14.9. The number of rotatable bonds is 5. The molecule has 2 aromatic carbocycles. The van der Waals surface area contributed by atoms with E-state index < -0.39 is 0 Å². The molecule has 0 radical (unpaired) electrons. The van der Waals surface area contributed by atoms with Crippen molar-refractivity contribution in [1.29, 1.82) is 5.26 Å². The first-order chi connectivity index (χ1) is 11.0. The minimum atomic E-state index is -0.316. The molecule has 2 aromatic rings. The Kier molecular flexibility index (Phi) is 5.45. The highest BCUT2D eigenvalue weighted by Crippen LogP contribution is 2.09. The van der Waals surface area contributed by atoms with E-state index >= 15 is 0 Å². The highest BCUT2D eigenvalue weighted by molar-refractivity contribution is 5.93. The molecule has 2 rings (SSSR count). The number of nitrogens with one attached hydrogen (secondary N) is 2. The van der Waals surface area contributed by atoms with E-state index in [4.69, 9.17) is 5.26 Å². The van der Waals surface area contributed by atoms with Crippen LogP contribution in [-0.4, -0.2) is 19.0 Å². The van der Waals surface area contributed by atoms with Crippen molar-refractivity contribution in [2.24, 2.45) is 0 Å². The molecule has 23 heavy (non-hydrogen) atoms. The van der Waals surface area contributed by atoms with Crippen LogP contribution in [0.2, 0.25) is 0 Å². The Morgan fingerprint density at radius 1 is 1.30 bits per heavy atom. The number of halogens is 1. The Labute approximate surface area is 135 Å². The molecule has 2 atom stereocenters. The summed E-state index contributed by atoms with van der Waals surface area (Å²) in [6.07, 6.45) is 0. The maximum Gasteiger partial charge on any atom is 0.282 e. The van der Waals surface area contributed by atoms with Crippen LogP contribution in [0.25, 0.3) is 0 Å². The molecule has 118 valence electrons. The molecule has 0 saturated carbocycles. The van der Waals surface area contributed by atoms with Crippen LogP contribution in [0.3, 0.4) is 0 Å². The predicted molar refractivity (Wildman–Crippen MR) is 86.2 cm³/mol. The molecular weight excluding hydrogens is 293 g/mol. The van der Waals surface area contributed by atoms with Crippen LogP contribution in [0.5, 0.6) is 0 Å². The number of benzene rings is 2. The van der Waals surface area contributed by atoms with Crippen LogP contribution in [0, 0.1) is 17.1 Å². The molecule has 0 bridgehead atoms. The fraction of sp³-hybridized carbons (Fsp3) is 0.222. The minimum Gasteiger partial charge on any atom is -0.324 e. The summed E-state index contributed by atoms with van der Waals surface area (Å²) in [5, 5.41) is 11.7. The van der Waals surface area contributed by atoms with E-state index in [-0.39, 0.29) is 17.8 Å². The molecule has 1 unspecified atom stereocenters. The molecule has 0 spiro atoms. The summed E-state index contributed by atoms with van der Waals surface area (Å²) in [4.78, 5) is 13.3. The Morgan fingerprint density at radius 2 is 2.04 bits per heavy atom. The van der Waals surface area contributed by atoms with E-state index in [1.54, 1.807) is 30.3 Å². The van der Waals surface area contributed by atoms with Gasteiger partial charge in [-0.25, -0.2) is 4.39 Å². The van der Waals surface area contributed by atoms with Crippen molar-refractivity contribution in [3.8, 4) is 6.07 Å². The second-order valence-electron chi connectivity index (χ2n) is 5.56. The highest BCUT2D eigenvalue weighted by Gasteiger charge is 2.22. The molecule has 2 N–H and O–H groups in total. The van der Waals surface area contributed by atoms with Gasteiger partial charge in [-0.3, -0.25) is 4.79 Å². The van der Waals surface area contributed by atoms with Gasteiger partial charge in [0.15, 0.2) is 6.04 Å². The summed E-state index contributed by atoms with van der Waals surface area (Å²) in [7, 11) is 1.89. The molecule has 0 aromatic heterocycles. The topological polar surface area (TPSA) is 57.3 Å². The van der Waals surface area contributed by atoms with Crippen LogP contribution < -0.4 is 10.2 Å². The third-order valence-electron chi connectivity index (χ3n) is 3.76. The first kappa shape index (κ1) is 16.7. The van der Waals surface area contributed by atoms with Crippen LogP contribution >= 0.6 is 0 Å². The first-order valence-corrected chi connectivity index (χ1v) is 7.37. The summed E-state index contributed by atoms with van der Waals surface area (Å²) >= 11 is 0. The Morgan fingerprint density at radius 3 is 2.74 bits per heavy atom. The van der Waals surface area contributed by atoms with E-state index in [0.29, 0.717) is 17.8 Å². The van der Waals surface area contributed by atoms with Gasteiger partial charge in [-0.2, -0.15) is 5.26 Å². The number of amides is 1. The molecule has 0 fully saturated rings. The molecule has 5 heteroatoms. The molecule has 4 nitrogen and oxygen atoms in total. The Bertz CT molecular complexity index is 739. The van der Waals surface area contributed by atoms with Crippen molar-refractivity contribution < 1.29 is 14.1 Å². The van der Waals surface area contributed by atoms with Crippen LogP contribution in [0.4, 0.5) is 10.1 Å². The van der Waals surface area contributed by atoms with Gasteiger partial charge >= 0.3 is 0 Å². The number of hydrogen-bond acceptors (Lipinski definition) is 2. The smallest absolute Gasteiger partial charge is 0.282 e. The summed E-state index contributed by atoms with van der Waals surface area (Å²) in [6.45, 7) is 2.36. The van der Waals surface area contributed by atoms with Gasteiger partial charge in [0, 0.05) is 11.3 Å². The fourth-order valence-electron chi connectivity index (χ4n) is 2.26. The molecule has 0 aliphatic rings. The highest BCUT2D eigenvalue weighted by atomic mass is 19.1. The third-order valence-corrected chi connectivity index (χ3v) is 3.76. The van der Waals surface area contributed by atoms with Gasteiger partial charge in [-0.05, 0) is 37.3 Å². The van der Waals surface area contributed by atoms with Gasteiger partial charge in [0.25, 0.3) is 5.91 Å². The van der Waals surface area contributed by atoms with Crippen molar-refractivity contribution in [3.63, 3.8) is 0 Å². The lowest BCUT2D eigenvalue weighted by Crippen LogP contribution is -3.12. The maximum atomic E-state index is 13.2. The largest absolute Gasteiger partial charge is 0.324 e. The number of hydrogen-bond donors (Lipinski definition) is 2. The first-order valence-electron chi connectivity index (χ1n) is 7.37. The van der Waals surface area contributed by atoms with E-state index in [9.17, 15) is 9.18 Å². The monoisotopic (exact) mass is 312 g/mol. The van der Waals surface area contributed by atoms with Crippen LogP contribution in [0.15, 0.2) is 48.5 Å². The number of likely N-dealkylation sites (N-methyl/N-ethyl adjacent to an activating group) is 1. The molecule has 0 saturated heterocycles. The Hall–Kier alpha value is -2.71. The summed E-state index contributed by atoms with van der Waals surface area (Å²) < 4.78 is 13.2. The SMILES string of the molecule is C[C@H](C(=O)Nc1cccc(C#N)c1)[NH+](C)Cc1cccc(F)c1. The van der Waals surface area contributed by atoms with Crippen molar-refractivity contribution in [2.75, 3.05) is 12.4 Å².